The maximum Gasteiger partial charge on any atom is 2.00 e. The van der Waals surface area contributed by atoms with Crippen molar-refractivity contribution in [2.45, 2.75) is 23.9 Å². The van der Waals surface area contributed by atoms with E-state index in [2.05, 4.69) is 6.08 Å². The molecule has 0 heterocycles. The molecule has 0 aromatic heterocycles. The van der Waals surface area contributed by atoms with E-state index in [1.54, 1.807) is 0 Å². The number of halogens is 4. The minimum Gasteiger partial charge on any atom is -0.491 e. The molecule has 0 radical (unpaired) electrons. The first-order chi connectivity index (χ1) is 7.48. The Morgan fingerprint density at radius 2 is 1.88 bits per heavy atom. The minimum absolute atomic E-state index is 0. The summed E-state index contributed by atoms with van der Waals surface area (Å²) >= 11 is 5.02. The van der Waals surface area contributed by atoms with Gasteiger partial charge in [-0.25, -0.2) is 16.5 Å². The SMILES string of the molecule is FC1(F)C2=[C-]CCC2C1(F)Cl.[Ni+2].c1cc[cH-]c1. The molecular formula is C12H10ClF3Ni. The van der Waals surface area contributed by atoms with Gasteiger partial charge in [-0.3, -0.25) is 0 Å². The molecule has 5 heteroatoms. The molecule has 0 saturated heterocycles. The van der Waals surface area contributed by atoms with Gasteiger partial charge in [0.05, 0.1) is 0 Å². The Balaban J connectivity index is 0.000000205. The van der Waals surface area contributed by atoms with Crippen molar-refractivity contribution in [3.05, 3.63) is 42.0 Å². The van der Waals surface area contributed by atoms with Gasteiger partial charge in [0.1, 0.15) is 0 Å². The van der Waals surface area contributed by atoms with Crippen LogP contribution in [0.2, 0.25) is 0 Å². The molecule has 96 valence electrons. The van der Waals surface area contributed by atoms with E-state index in [-0.39, 0.29) is 22.1 Å². The fraction of sp³-hybridized carbons (Fsp3) is 0.417. The van der Waals surface area contributed by atoms with Gasteiger partial charge in [-0.2, -0.15) is 39.0 Å². The molecular weight excluding hydrogens is 295 g/mol. The quantitative estimate of drug-likeness (QED) is 0.385. The molecule has 0 spiro atoms. The van der Waals surface area contributed by atoms with Crippen molar-refractivity contribution in [3.8, 4) is 0 Å². The summed E-state index contributed by atoms with van der Waals surface area (Å²) in [4.78, 5) is 0. The standard InChI is InChI=1S/C7H5ClF3.C5H5.Ni/c8-6(9)4-2-1-3-5(4)7(6,10)11;1-2-4-5-3-1;/h4H,1-2H2;1-5H;/q2*-1;+2. The average Bonchev–Trinajstić information content (AvgIpc) is 2.92. The molecule has 0 amide bonds. The van der Waals surface area contributed by atoms with Gasteiger partial charge in [0.25, 0.3) is 11.1 Å². The molecule has 2 aliphatic rings. The van der Waals surface area contributed by atoms with E-state index in [0.717, 1.165) is 0 Å². The number of allylic oxidation sites excluding steroid dienone is 2. The van der Waals surface area contributed by atoms with E-state index in [1.807, 2.05) is 30.3 Å². The first-order valence-electron chi connectivity index (χ1n) is 5.01. The monoisotopic (exact) mass is 304 g/mol. The first kappa shape index (κ1) is 14.7. The third kappa shape index (κ3) is 2.30. The summed E-state index contributed by atoms with van der Waals surface area (Å²) in [6.07, 6.45) is 3.21. The predicted molar refractivity (Wildman–Crippen MR) is 56.2 cm³/mol. The summed E-state index contributed by atoms with van der Waals surface area (Å²) < 4.78 is 38.2. The second kappa shape index (κ2) is 5.11. The number of alkyl halides is 4. The molecule has 1 saturated carbocycles. The van der Waals surface area contributed by atoms with Crippen LogP contribution in [-0.2, 0) is 16.5 Å². The smallest absolute Gasteiger partial charge is 0.491 e. The van der Waals surface area contributed by atoms with Crippen molar-refractivity contribution >= 4 is 11.6 Å². The summed E-state index contributed by atoms with van der Waals surface area (Å²) in [5.41, 5.74) is -0.227. The molecule has 17 heavy (non-hydrogen) atoms. The Morgan fingerprint density at radius 1 is 1.29 bits per heavy atom. The summed E-state index contributed by atoms with van der Waals surface area (Å²) in [7, 11) is 0. The van der Waals surface area contributed by atoms with E-state index in [4.69, 9.17) is 11.6 Å². The maximum atomic E-state index is 12.9. The van der Waals surface area contributed by atoms with Gasteiger partial charge in [0.2, 0.25) is 0 Å². The van der Waals surface area contributed by atoms with Crippen molar-refractivity contribution in [2.24, 2.45) is 5.92 Å². The largest absolute Gasteiger partial charge is 2.00 e. The Bertz CT molecular complexity index is 367. The predicted octanol–water partition coefficient (Wildman–Crippen LogP) is 4.08. The summed E-state index contributed by atoms with van der Waals surface area (Å²) in [6.45, 7) is 0. The second-order valence-corrected chi connectivity index (χ2v) is 4.39. The van der Waals surface area contributed by atoms with E-state index < -0.39 is 17.0 Å². The molecule has 1 fully saturated rings. The summed E-state index contributed by atoms with van der Waals surface area (Å²) in [5, 5.41) is -2.84. The Hall–Kier alpha value is -0.336. The number of fused-ring (bicyclic) bond motifs is 1. The first-order valence-corrected chi connectivity index (χ1v) is 5.39. The zero-order valence-electron chi connectivity index (χ0n) is 8.71. The third-order valence-corrected chi connectivity index (χ3v) is 3.35. The van der Waals surface area contributed by atoms with Gasteiger partial charge in [0.15, 0.2) is 0 Å². The van der Waals surface area contributed by atoms with Gasteiger partial charge in [-0.1, -0.05) is 18.0 Å². The van der Waals surface area contributed by atoms with Gasteiger partial charge in [-0.15, -0.1) is 0 Å². The molecule has 0 nitrogen and oxygen atoms in total. The van der Waals surface area contributed by atoms with Crippen LogP contribution < -0.4 is 0 Å². The van der Waals surface area contributed by atoms with Crippen LogP contribution in [-0.4, -0.2) is 11.1 Å². The Morgan fingerprint density at radius 3 is 2.29 bits per heavy atom. The molecule has 0 aliphatic heterocycles. The Kier molecular flexibility index (Phi) is 4.43. The molecule has 2 unspecified atom stereocenters. The molecule has 0 bridgehead atoms. The van der Waals surface area contributed by atoms with E-state index in [0.29, 0.717) is 12.8 Å². The van der Waals surface area contributed by atoms with Crippen LogP contribution in [0.25, 0.3) is 0 Å². The molecule has 1 aromatic rings. The van der Waals surface area contributed by atoms with E-state index >= 15 is 0 Å². The van der Waals surface area contributed by atoms with Crippen molar-refractivity contribution < 1.29 is 29.7 Å². The van der Waals surface area contributed by atoms with Crippen LogP contribution in [0.3, 0.4) is 0 Å². The molecule has 2 aliphatic carbocycles. The van der Waals surface area contributed by atoms with E-state index in [1.165, 1.54) is 0 Å². The van der Waals surface area contributed by atoms with Crippen LogP contribution in [0.1, 0.15) is 12.8 Å². The van der Waals surface area contributed by atoms with Gasteiger partial charge in [0, 0.05) is 5.92 Å². The van der Waals surface area contributed by atoms with Crippen molar-refractivity contribution in [2.75, 3.05) is 0 Å². The van der Waals surface area contributed by atoms with Gasteiger partial charge < -0.3 is 6.08 Å². The van der Waals surface area contributed by atoms with Crippen molar-refractivity contribution in [1.29, 1.82) is 0 Å². The summed E-state index contributed by atoms with van der Waals surface area (Å²) in [6, 6.07) is 10.0. The minimum atomic E-state index is -3.48. The fourth-order valence-electron chi connectivity index (χ4n) is 1.95. The normalized spacial score (nSPS) is 32.2. The van der Waals surface area contributed by atoms with Crippen LogP contribution >= 0.6 is 11.6 Å². The zero-order valence-corrected chi connectivity index (χ0v) is 10.4. The Labute approximate surface area is 113 Å². The fourth-order valence-corrected chi connectivity index (χ4v) is 2.27. The third-order valence-electron chi connectivity index (χ3n) is 2.85. The molecule has 0 N–H and O–H groups in total. The van der Waals surface area contributed by atoms with Crippen LogP contribution in [0.5, 0.6) is 0 Å². The van der Waals surface area contributed by atoms with Crippen LogP contribution in [0.15, 0.2) is 35.9 Å². The number of hydrogen-bond acceptors (Lipinski definition) is 0. The van der Waals surface area contributed by atoms with Crippen molar-refractivity contribution in [1.82, 2.24) is 0 Å². The maximum absolute atomic E-state index is 12.9. The molecule has 1 aromatic carbocycles. The zero-order chi connectivity index (χ0) is 11.8. The molecule has 2 atom stereocenters. The van der Waals surface area contributed by atoms with Gasteiger partial charge in [-0.05, 0) is 0 Å². The topological polar surface area (TPSA) is 0 Å². The van der Waals surface area contributed by atoms with Crippen LogP contribution in [0, 0.1) is 12.0 Å². The van der Waals surface area contributed by atoms with Crippen LogP contribution in [0.4, 0.5) is 13.2 Å². The number of hydrogen-bond donors (Lipinski definition) is 0. The average molecular weight is 305 g/mol. The molecule has 3 rings (SSSR count). The van der Waals surface area contributed by atoms with Crippen molar-refractivity contribution in [3.63, 3.8) is 0 Å². The second-order valence-electron chi connectivity index (χ2n) is 3.84. The van der Waals surface area contributed by atoms with Gasteiger partial charge >= 0.3 is 16.5 Å². The number of rotatable bonds is 0. The summed E-state index contributed by atoms with van der Waals surface area (Å²) in [5.74, 6) is -4.27. The van der Waals surface area contributed by atoms with E-state index in [9.17, 15) is 13.2 Å².